The van der Waals surface area contributed by atoms with Crippen LogP contribution in [0.15, 0.2) is 65.6 Å². The first kappa shape index (κ1) is 25.6. The van der Waals surface area contributed by atoms with E-state index in [1.165, 1.54) is 37.4 Å². The highest BCUT2D eigenvalue weighted by Crippen LogP contribution is 2.33. The molecule has 0 aliphatic carbocycles. The molecule has 0 spiro atoms. The Kier molecular flexibility index (Phi) is 7.89. The van der Waals surface area contributed by atoms with Crippen LogP contribution < -0.4 is 13.8 Å². The van der Waals surface area contributed by atoms with E-state index in [4.69, 9.17) is 21.1 Å². The lowest BCUT2D eigenvalue weighted by molar-refractivity contribution is -0.119. The van der Waals surface area contributed by atoms with E-state index in [0.29, 0.717) is 11.5 Å². The highest BCUT2D eigenvalue weighted by molar-refractivity contribution is 7.93. The van der Waals surface area contributed by atoms with Gasteiger partial charge in [0.2, 0.25) is 0 Å². The van der Waals surface area contributed by atoms with Crippen molar-refractivity contribution in [2.45, 2.75) is 38.5 Å². The highest BCUT2D eigenvalue weighted by Gasteiger charge is 2.32. The summed E-state index contributed by atoms with van der Waals surface area (Å²) in [4.78, 5) is 13.4. The Labute approximate surface area is 206 Å². The predicted octanol–water partition coefficient (Wildman–Crippen LogP) is 5.89. The van der Waals surface area contributed by atoms with Crippen molar-refractivity contribution in [1.29, 1.82) is 0 Å². The molecule has 0 atom stereocenters. The van der Waals surface area contributed by atoms with Gasteiger partial charge in [-0.05, 0) is 67.3 Å². The number of hydrogen-bond donors (Lipinski definition) is 0. The molecule has 1 amide bonds. The van der Waals surface area contributed by atoms with Crippen molar-refractivity contribution in [3.8, 4) is 11.5 Å². The maximum absolute atomic E-state index is 13.6. The molecule has 0 aliphatic rings. The number of sulfonamides is 1. The summed E-state index contributed by atoms with van der Waals surface area (Å²) in [6.45, 7) is 7.34. The lowest BCUT2D eigenvalue weighted by atomic mass is 10.0. The molecular formula is C26H28ClNO5S. The molecule has 0 radical (unpaired) electrons. The standard InChI is InChI=1S/C26H28ClNO5S/c1-17(2)22-12-8-19(4)14-25(22)33-16-26(29)28(20-9-13-24(32-5)23(27)15-20)34(30,31)21-10-6-18(3)7-11-21/h6-15,17H,16H2,1-5H3. The normalized spacial score (nSPS) is 11.4. The van der Waals surface area contributed by atoms with Gasteiger partial charge in [-0.2, -0.15) is 4.31 Å². The molecule has 3 aromatic rings. The lowest BCUT2D eigenvalue weighted by Gasteiger charge is -2.24. The molecule has 34 heavy (non-hydrogen) atoms. The minimum atomic E-state index is -4.24. The Morgan fingerprint density at radius 1 is 0.941 bits per heavy atom. The Morgan fingerprint density at radius 2 is 1.59 bits per heavy atom. The number of methoxy groups -OCH3 is 1. The number of hydrogen-bond acceptors (Lipinski definition) is 5. The molecule has 0 saturated carbocycles. The van der Waals surface area contributed by atoms with Crippen LogP contribution in [0.1, 0.15) is 36.5 Å². The third-order valence-electron chi connectivity index (χ3n) is 5.30. The van der Waals surface area contributed by atoms with Gasteiger partial charge in [0.25, 0.3) is 15.9 Å². The van der Waals surface area contributed by atoms with Crippen molar-refractivity contribution in [1.82, 2.24) is 0 Å². The van der Waals surface area contributed by atoms with Crippen LogP contribution >= 0.6 is 11.6 Å². The molecule has 0 heterocycles. The zero-order chi connectivity index (χ0) is 25.0. The third kappa shape index (κ3) is 5.54. The number of amides is 1. The van der Waals surface area contributed by atoms with Gasteiger partial charge in [0.05, 0.1) is 22.7 Å². The van der Waals surface area contributed by atoms with E-state index in [1.807, 2.05) is 45.9 Å². The first-order chi connectivity index (χ1) is 16.0. The number of rotatable bonds is 8. The Morgan fingerprint density at radius 3 is 2.18 bits per heavy atom. The summed E-state index contributed by atoms with van der Waals surface area (Å²) in [5.74, 6) is 0.323. The monoisotopic (exact) mass is 501 g/mol. The van der Waals surface area contributed by atoms with Gasteiger partial charge in [0, 0.05) is 0 Å². The molecule has 0 aliphatic heterocycles. The van der Waals surface area contributed by atoms with E-state index < -0.39 is 22.5 Å². The number of halogens is 1. The summed E-state index contributed by atoms with van der Waals surface area (Å²) < 4.78 is 38.9. The van der Waals surface area contributed by atoms with E-state index in [9.17, 15) is 13.2 Å². The molecule has 0 bridgehead atoms. The molecule has 0 aromatic heterocycles. The van der Waals surface area contributed by atoms with Gasteiger partial charge in [-0.3, -0.25) is 4.79 Å². The molecular weight excluding hydrogens is 474 g/mol. The average Bonchev–Trinajstić information content (AvgIpc) is 2.78. The molecule has 8 heteroatoms. The Bertz CT molecular complexity index is 1290. The summed E-state index contributed by atoms with van der Waals surface area (Å²) in [5, 5.41) is 0.179. The molecule has 0 N–H and O–H groups in total. The maximum atomic E-state index is 13.6. The van der Waals surface area contributed by atoms with Crippen molar-refractivity contribution in [2.75, 3.05) is 18.0 Å². The van der Waals surface area contributed by atoms with Gasteiger partial charge in [0.1, 0.15) is 11.5 Å². The second kappa shape index (κ2) is 10.5. The fourth-order valence-electron chi connectivity index (χ4n) is 3.46. The van der Waals surface area contributed by atoms with Crippen molar-refractivity contribution < 1.29 is 22.7 Å². The first-order valence-electron chi connectivity index (χ1n) is 10.8. The second-order valence-corrected chi connectivity index (χ2v) is 10.5. The summed E-state index contributed by atoms with van der Waals surface area (Å²) in [5.41, 5.74) is 2.89. The SMILES string of the molecule is COc1ccc(N(C(=O)COc2cc(C)ccc2C(C)C)S(=O)(=O)c2ccc(C)cc2)cc1Cl. The molecule has 3 aromatic carbocycles. The van der Waals surface area contributed by atoms with Crippen LogP contribution in [0.3, 0.4) is 0 Å². The number of carbonyl (C=O) groups excluding carboxylic acids is 1. The highest BCUT2D eigenvalue weighted by atomic mass is 35.5. The minimum Gasteiger partial charge on any atom is -0.495 e. The van der Waals surface area contributed by atoms with Crippen LogP contribution in [0.4, 0.5) is 5.69 Å². The van der Waals surface area contributed by atoms with Gasteiger partial charge >= 0.3 is 0 Å². The number of ether oxygens (including phenoxy) is 2. The van der Waals surface area contributed by atoms with E-state index in [-0.39, 0.29) is 21.5 Å². The number of benzene rings is 3. The molecule has 0 fully saturated rings. The summed E-state index contributed by atoms with van der Waals surface area (Å²) in [6, 6.07) is 16.4. The van der Waals surface area contributed by atoms with Crippen LogP contribution in [0.5, 0.6) is 11.5 Å². The van der Waals surface area contributed by atoms with Gasteiger partial charge < -0.3 is 9.47 Å². The minimum absolute atomic E-state index is 0.0168. The Hall–Kier alpha value is -3.03. The lowest BCUT2D eigenvalue weighted by Crippen LogP contribution is -2.40. The summed E-state index contributed by atoms with van der Waals surface area (Å²) in [6.07, 6.45) is 0. The largest absolute Gasteiger partial charge is 0.495 e. The van der Waals surface area contributed by atoms with E-state index in [1.54, 1.807) is 12.1 Å². The summed E-state index contributed by atoms with van der Waals surface area (Å²) in [7, 11) is -2.79. The number of nitrogens with zero attached hydrogens (tertiary/aromatic N) is 1. The van der Waals surface area contributed by atoms with Crippen molar-refractivity contribution in [3.05, 3.63) is 82.4 Å². The molecule has 0 unspecified atom stereocenters. The number of anilines is 1. The van der Waals surface area contributed by atoms with Crippen molar-refractivity contribution in [3.63, 3.8) is 0 Å². The van der Waals surface area contributed by atoms with Crippen LogP contribution in [0.2, 0.25) is 5.02 Å². The fraction of sp³-hybridized carbons (Fsp3) is 0.269. The van der Waals surface area contributed by atoms with Gasteiger partial charge in [0.15, 0.2) is 6.61 Å². The smallest absolute Gasteiger partial charge is 0.278 e. The first-order valence-corrected chi connectivity index (χ1v) is 12.6. The Balaban J connectivity index is 2.02. The van der Waals surface area contributed by atoms with Crippen LogP contribution in [-0.4, -0.2) is 28.0 Å². The zero-order valence-electron chi connectivity index (χ0n) is 19.8. The molecule has 180 valence electrons. The van der Waals surface area contributed by atoms with E-state index in [2.05, 4.69) is 0 Å². The number of carbonyl (C=O) groups is 1. The molecule has 0 saturated heterocycles. The molecule has 6 nitrogen and oxygen atoms in total. The number of aryl methyl sites for hydroxylation is 2. The fourth-order valence-corrected chi connectivity index (χ4v) is 5.11. The van der Waals surface area contributed by atoms with E-state index in [0.717, 1.165) is 21.0 Å². The average molecular weight is 502 g/mol. The van der Waals surface area contributed by atoms with Gasteiger partial charge in [-0.25, -0.2) is 8.42 Å². The van der Waals surface area contributed by atoms with Crippen LogP contribution in [-0.2, 0) is 14.8 Å². The maximum Gasteiger partial charge on any atom is 0.278 e. The topological polar surface area (TPSA) is 72.9 Å². The van der Waals surface area contributed by atoms with Crippen molar-refractivity contribution >= 4 is 33.2 Å². The quantitative estimate of drug-likeness (QED) is 0.385. The van der Waals surface area contributed by atoms with E-state index >= 15 is 0 Å². The van der Waals surface area contributed by atoms with Crippen molar-refractivity contribution in [2.24, 2.45) is 0 Å². The van der Waals surface area contributed by atoms with Crippen LogP contribution in [0, 0.1) is 13.8 Å². The van der Waals surface area contributed by atoms with Gasteiger partial charge in [-0.15, -0.1) is 0 Å². The second-order valence-electron chi connectivity index (χ2n) is 8.28. The summed E-state index contributed by atoms with van der Waals surface area (Å²) >= 11 is 6.25. The molecule has 3 rings (SSSR count). The zero-order valence-corrected chi connectivity index (χ0v) is 21.4. The predicted molar refractivity (Wildman–Crippen MR) is 135 cm³/mol. The third-order valence-corrected chi connectivity index (χ3v) is 7.36. The van der Waals surface area contributed by atoms with Crippen LogP contribution in [0.25, 0.3) is 0 Å². The van der Waals surface area contributed by atoms with Gasteiger partial charge in [-0.1, -0.05) is 55.3 Å².